The summed E-state index contributed by atoms with van der Waals surface area (Å²) in [6.07, 6.45) is -0.836. The maximum Gasteiger partial charge on any atom is 0.359 e. The van der Waals surface area contributed by atoms with E-state index in [0.717, 1.165) is 0 Å². The van der Waals surface area contributed by atoms with Crippen molar-refractivity contribution in [1.82, 2.24) is 0 Å². The average Bonchev–Trinajstić information content (AvgIpc) is 2.19. The van der Waals surface area contributed by atoms with Crippen LogP contribution >= 0.6 is 0 Å². The fourth-order valence-corrected chi connectivity index (χ4v) is 1.43. The predicted molar refractivity (Wildman–Crippen MR) is 59.5 cm³/mol. The third-order valence-electron chi connectivity index (χ3n) is 2.08. The van der Waals surface area contributed by atoms with Crippen LogP contribution in [0.2, 0.25) is 0 Å². The number of aliphatic hydroxyl groups is 1. The molecule has 1 aromatic carbocycles. The molecule has 0 amide bonds. The summed E-state index contributed by atoms with van der Waals surface area (Å²) in [5.74, 6) is 0.0342. The number of phenols is 1. The first-order valence-electron chi connectivity index (χ1n) is 4.78. The van der Waals surface area contributed by atoms with Gasteiger partial charge in [-0.1, -0.05) is 0 Å². The molecule has 0 fully saturated rings. The summed E-state index contributed by atoms with van der Waals surface area (Å²) in [7, 11) is 0. The molecule has 1 aromatic heterocycles. The Hall–Kier alpha value is -2.01. The number of aromatic hydroxyl groups is 1. The molecule has 0 radical (unpaired) electrons. The third kappa shape index (κ3) is 1.99. The summed E-state index contributed by atoms with van der Waals surface area (Å²) >= 11 is 0. The number of rotatable bonds is 2. The molecule has 16 heavy (non-hydrogen) atoms. The molecule has 0 saturated carbocycles. The van der Waals surface area contributed by atoms with Crippen molar-refractivity contribution < 1.29 is 14.6 Å². The number of anilines is 1. The Bertz CT molecular complexity index is 574. The van der Waals surface area contributed by atoms with Crippen LogP contribution < -0.4 is 10.9 Å². The minimum atomic E-state index is -0.836. The van der Waals surface area contributed by atoms with Crippen molar-refractivity contribution in [3.63, 3.8) is 0 Å². The van der Waals surface area contributed by atoms with Crippen LogP contribution in [0, 0.1) is 0 Å². The van der Waals surface area contributed by atoms with Gasteiger partial charge in [-0.3, -0.25) is 0 Å². The van der Waals surface area contributed by atoms with E-state index in [0.29, 0.717) is 11.0 Å². The molecule has 2 aromatic rings. The summed E-state index contributed by atoms with van der Waals surface area (Å²) in [6, 6.07) is 6.05. The largest absolute Gasteiger partial charge is 0.508 e. The molecule has 3 N–H and O–H groups in total. The lowest BCUT2D eigenvalue weighted by Gasteiger charge is -2.08. The van der Waals surface area contributed by atoms with Gasteiger partial charge in [-0.25, -0.2) is 4.79 Å². The summed E-state index contributed by atoms with van der Waals surface area (Å²) in [5, 5.41) is 21.6. The molecule has 0 aliphatic heterocycles. The number of hydrogen-bond donors (Lipinski definition) is 3. The minimum Gasteiger partial charge on any atom is -0.508 e. The predicted octanol–water partition coefficient (Wildman–Crippen LogP) is 1.25. The van der Waals surface area contributed by atoms with Crippen LogP contribution in [0.1, 0.15) is 6.92 Å². The lowest BCUT2D eigenvalue weighted by atomic mass is 10.2. The maximum absolute atomic E-state index is 11.5. The highest BCUT2D eigenvalue weighted by Crippen LogP contribution is 2.20. The van der Waals surface area contributed by atoms with Crippen LogP contribution in [0.4, 0.5) is 5.69 Å². The summed E-state index contributed by atoms with van der Waals surface area (Å²) in [5.41, 5.74) is -0.0895. The molecule has 5 nitrogen and oxygen atoms in total. The molecule has 0 aliphatic carbocycles. The second-order valence-electron chi connectivity index (χ2n) is 3.49. The zero-order valence-corrected chi connectivity index (χ0v) is 8.60. The molecule has 2 rings (SSSR count). The standard InChI is InChI=1S/C11H11NO4/c1-6(13)12-9-4-7-2-3-8(14)5-10(7)16-11(9)15/h2-6,12-14H,1H3. The number of aliphatic hydroxyl groups excluding tert-OH is 1. The van der Waals surface area contributed by atoms with Gasteiger partial charge in [-0.2, -0.15) is 0 Å². The first kappa shape index (κ1) is 10.5. The molecule has 1 unspecified atom stereocenters. The fourth-order valence-electron chi connectivity index (χ4n) is 1.43. The average molecular weight is 221 g/mol. The zero-order chi connectivity index (χ0) is 11.7. The number of benzene rings is 1. The number of fused-ring (bicyclic) bond motifs is 1. The van der Waals surface area contributed by atoms with Gasteiger partial charge in [0.25, 0.3) is 0 Å². The van der Waals surface area contributed by atoms with Crippen LogP contribution in [0.15, 0.2) is 33.5 Å². The van der Waals surface area contributed by atoms with Crippen molar-refractivity contribution in [3.05, 3.63) is 34.7 Å². The van der Waals surface area contributed by atoms with Crippen molar-refractivity contribution in [1.29, 1.82) is 0 Å². The Labute approximate surface area is 90.9 Å². The monoisotopic (exact) mass is 221 g/mol. The molecule has 0 spiro atoms. The van der Waals surface area contributed by atoms with Crippen molar-refractivity contribution in [3.8, 4) is 5.75 Å². The third-order valence-corrected chi connectivity index (χ3v) is 2.08. The van der Waals surface area contributed by atoms with E-state index in [4.69, 9.17) is 9.52 Å². The van der Waals surface area contributed by atoms with Crippen LogP contribution in [-0.2, 0) is 0 Å². The molecule has 0 saturated heterocycles. The van der Waals surface area contributed by atoms with E-state index in [-0.39, 0.29) is 11.4 Å². The normalized spacial score (nSPS) is 12.6. The molecule has 0 bridgehead atoms. The van der Waals surface area contributed by atoms with Gasteiger partial charge in [0.05, 0.1) is 0 Å². The van der Waals surface area contributed by atoms with Crippen molar-refractivity contribution >= 4 is 16.7 Å². The first-order chi connectivity index (χ1) is 7.56. The van der Waals surface area contributed by atoms with Crippen LogP contribution in [-0.4, -0.2) is 16.4 Å². The highest BCUT2D eigenvalue weighted by atomic mass is 16.4. The molecule has 84 valence electrons. The fraction of sp³-hybridized carbons (Fsp3) is 0.182. The lowest BCUT2D eigenvalue weighted by Crippen LogP contribution is -2.19. The van der Waals surface area contributed by atoms with Gasteiger partial charge >= 0.3 is 5.63 Å². The molecule has 5 heteroatoms. The Morgan fingerprint density at radius 2 is 2.12 bits per heavy atom. The zero-order valence-electron chi connectivity index (χ0n) is 8.60. The molecule has 1 atom stereocenters. The van der Waals surface area contributed by atoms with Crippen molar-refractivity contribution in [2.45, 2.75) is 13.2 Å². The first-order valence-corrected chi connectivity index (χ1v) is 4.78. The Morgan fingerprint density at radius 1 is 1.38 bits per heavy atom. The molecule has 0 aliphatic rings. The lowest BCUT2D eigenvalue weighted by molar-refractivity contribution is 0.224. The summed E-state index contributed by atoms with van der Waals surface area (Å²) in [6.45, 7) is 1.50. The van der Waals surface area contributed by atoms with Gasteiger partial charge in [0, 0.05) is 11.5 Å². The van der Waals surface area contributed by atoms with Gasteiger partial charge in [0.2, 0.25) is 0 Å². The van der Waals surface area contributed by atoms with E-state index in [2.05, 4.69) is 5.32 Å². The van der Waals surface area contributed by atoms with Crippen LogP contribution in [0.3, 0.4) is 0 Å². The topological polar surface area (TPSA) is 82.7 Å². The number of hydrogen-bond acceptors (Lipinski definition) is 5. The molecular weight excluding hydrogens is 210 g/mol. The number of nitrogens with one attached hydrogen (secondary N) is 1. The van der Waals surface area contributed by atoms with Crippen molar-refractivity contribution in [2.24, 2.45) is 0 Å². The van der Waals surface area contributed by atoms with E-state index >= 15 is 0 Å². The van der Waals surface area contributed by atoms with Gasteiger partial charge in [-0.15, -0.1) is 0 Å². The van der Waals surface area contributed by atoms with E-state index in [1.54, 1.807) is 12.1 Å². The minimum absolute atomic E-state index is 0.0342. The van der Waals surface area contributed by atoms with E-state index in [9.17, 15) is 9.90 Å². The number of phenolic OH excluding ortho intramolecular Hbond substituents is 1. The Kier molecular flexibility index (Phi) is 2.54. The SMILES string of the molecule is CC(O)Nc1cc2ccc(O)cc2oc1=O. The quantitative estimate of drug-likeness (QED) is 0.525. The van der Waals surface area contributed by atoms with Gasteiger partial charge in [0.1, 0.15) is 23.2 Å². The second-order valence-corrected chi connectivity index (χ2v) is 3.49. The van der Waals surface area contributed by atoms with Crippen LogP contribution in [0.25, 0.3) is 11.0 Å². The summed E-state index contributed by atoms with van der Waals surface area (Å²) < 4.78 is 4.99. The Balaban J connectivity index is 2.58. The van der Waals surface area contributed by atoms with Gasteiger partial charge < -0.3 is 19.9 Å². The van der Waals surface area contributed by atoms with Crippen LogP contribution in [0.5, 0.6) is 5.75 Å². The van der Waals surface area contributed by atoms with Gasteiger partial charge in [-0.05, 0) is 25.1 Å². The Morgan fingerprint density at radius 3 is 2.81 bits per heavy atom. The van der Waals surface area contributed by atoms with E-state index in [1.807, 2.05) is 0 Å². The van der Waals surface area contributed by atoms with E-state index < -0.39 is 11.9 Å². The van der Waals surface area contributed by atoms with Gasteiger partial charge in [0.15, 0.2) is 0 Å². The smallest absolute Gasteiger partial charge is 0.359 e. The summed E-state index contributed by atoms with van der Waals surface area (Å²) in [4.78, 5) is 11.5. The highest BCUT2D eigenvalue weighted by Gasteiger charge is 2.06. The van der Waals surface area contributed by atoms with E-state index in [1.165, 1.54) is 19.1 Å². The molecule has 1 heterocycles. The molecular formula is C11H11NO4. The van der Waals surface area contributed by atoms with Crippen molar-refractivity contribution in [2.75, 3.05) is 5.32 Å². The maximum atomic E-state index is 11.5. The second kappa shape index (κ2) is 3.86. The highest BCUT2D eigenvalue weighted by molar-refractivity contribution is 5.80.